The van der Waals surface area contributed by atoms with Gasteiger partial charge in [0, 0.05) is 23.8 Å². The molecule has 15 heavy (non-hydrogen) atoms. The molecule has 0 amide bonds. The van der Waals surface area contributed by atoms with Crippen molar-refractivity contribution >= 4 is 29.0 Å². The number of hydrogen-bond donors (Lipinski definition) is 0. The molecule has 3 heteroatoms. The minimum absolute atomic E-state index is 0.266. The number of Topliss-reactive ketones (excluding diaryl/α,β-unsaturated/α-hetero) is 1. The van der Waals surface area contributed by atoms with Crippen LogP contribution in [0.25, 0.3) is 0 Å². The van der Waals surface area contributed by atoms with E-state index in [1.54, 1.807) is 0 Å². The molecule has 0 aromatic carbocycles. The van der Waals surface area contributed by atoms with Crippen molar-refractivity contribution in [1.82, 2.24) is 0 Å². The van der Waals surface area contributed by atoms with Crippen LogP contribution in [0.1, 0.15) is 32.1 Å². The van der Waals surface area contributed by atoms with Crippen LogP contribution in [-0.4, -0.2) is 5.78 Å². The van der Waals surface area contributed by atoms with Gasteiger partial charge in [-0.3, -0.25) is 4.79 Å². The molecule has 0 radical (unpaired) electrons. The van der Waals surface area contributed by atoms with E-state index in [2.05, 4.69) is 0 Å². The number of halogens is 2. The Morgan fingerprint density at radius 1 is 1.13 bits per heavy atom. The molecule has 0 heterocycles. The zero-order valence-electron chi connectivity index (χ0n) is 8.35. The van der Waals surface area contributed by atoms with E-state index in [0.29, 0.717) is 16.2 Å². The van der Waals surface area contributed by atoms with Crippen LogP contribution in [-0.2, 0) is 4.79 Å². The molecule has 0 unspecified atom stereocenters. The molecule has 2 bridgehead atoms. The van der Waals surface area contributed by atoms with Gasteiger partial charge in [0.25, 0.3) is 0 Å². The van der Waals surface area contributed by atoms with Gasteiger partial charge >= 0.3 is 0 Å². The highest BCUT2D eigenvalue weighted by atomic mass is 35.5. The van der Waals surface area contributed by atoms with E-state index in [0.717, 1.165) is 43.3 Å². The molecule has 80 valence electrons. The molecule has 0 aliphatic heterocycles. The highest BCUT2D eigenvalue weighted by Crippen LogP contribution is 2.57. The topological polar surface area (TPSA) is 17.1 Å². The third-order valence-electron chi connectivity index (χ3n) is 3.98. The van der Waals surface area contributed by atoms with Crippen molar-refractivity contribution in [2.24, 2.45) is 11.8 Å². The summed E-state index contributed by atoms with van der Waals surface area (Å²) in [5, 5.41) is 0. The molecule has 1 saturated carbocycles. The minimum atomic E-state index is 0.266. The summed E-state index contributed by atoms with van der Waals surface area (Å²) in [6.45, 7) is 0. The molecule has 0 aromatic rings. The van der Waals surface area contributed by atoms with Crippen LogP contribution in [0.2, 0.25) is 0 Å². The predicted octanol–water partition coefficient (Wildman–Crippen LogP) is 3.77. The van der Waals surface area contributed by atoms with E-state index in [1.165, 1.54) is 5.57 Å². The zero-order chi connectivity index (χ0) is 10.6. The van der Waals surface area contributed by atoms with Crippen LogP contribution < -0.4 is 0 Å². The van der Waals surface area contributed by atoms with Gasteiger partial charge in [-0.2, -0.15) is 0 Å². The number of allylic oxidation sites excluding steroid dienone is 3. The first kappa shape index (κ1) is 9.92. The Kier molecular flexibility index (Phi) is 2.22. The standard InChI is InChI=1S/C12H12Cl2O/c13-12(14)11-7-4-5-8(11)10-6(7)2-1-3-9(10)15/h7-8H,1-5H2/t7-,8+/m0/s1. The molecule has 0 aromatic heterocycles. The fourth-order valence-electron chi connectivity index (χ4n) is 3.48. The van der Waals surface area contributed by atoms with Crippen LogP contribution in [0, 0.1) is 11.8 Å². The first-order valence-corrected chi connectivity index (χ1v) is 6.27. The summed E-state index contributed by atoms with van der Waals surface area (Å²) in [6, 6.07) is 0. The summed E-state index contributed by atoms with van der Waals surface area (Å²) < 4.78 is 0.407. The van der Waals surface area contributed by atoms with Gasteiger partial charge < -0.3 is 0 Å². The smallest absolute Gasteiger partial charge is 0.159 e. The van der Waals surface area contributed by atoms with Crippen LogP contribution in [0.5, 0.6) is 0 Å². The van der Waals surface area contributed by atoms with E-state index in [-0.39, 0.29) is 5.92 Å². The van der Waals surface area contributed by atoms with E-state index < -0.39 is 0 Å². The van der Waals surface area contributed by atoms with Crippen molar-refractivity contribution in [1.29, 1.82) is 0 Å². The first-order valence-electron chi connectivity index (χ1n) is 5.51. The molecule has 1 fully saturated rings. The largest absolute Gasteiger partial charge is 0.295 e. The van der Waals surface area contributed by atoms with Gasteiger partial charge in [-0.1, -0.05) is 28.8 Å². The Morgan fingerprint density at radius 2 is 1.87 bits per heavy atom. The fourth-order valence-corrected chi connectivity index (χ4v) is 4.01. The Balaban J connectivity index is 2.12. The summed E-state index contributed by atoms with van der Waals surface area (Å²) in [5.74, 6) is 1.01. The number of rotatable bonds is 0. The van der Waals surface area contributed by atoms with E-state index in [4.69, 9.17) is 23.2 Å². The number of ketones is 1. The highest BCUT2D eigenvalue weighted by Gasteiger charge is 2.47. The predicted molar refractivity (Wildman–Crippen MR) is 60.8 cm³/mol. The molecule has 3 rings (SSSR count). The maximum absolute atomic E-state index is 11.9. The molecule has 3 aliphatic rings. The van der Waals surface area contributed by atoms with Crippen LogP contribution in [0.3, 0.4) is 0 Å². The maximum Gasteiger partial charge on any atom is 0.159 e. The van der Waals surface area contributed by atoms with E-state index in [9.17, 15) is 4.79 Å². The van der Waals surface area contributed by atoms with Gasteiger partial charge in [0.15, 0.2) is 5.78 Å². The SMILES string of the molecule is O=C1CCCC2=C1[C@H]1CC[C@@H]2C1=C(Cl)Cl. The number of fused-ring (bicyclic) bond motifs is 4. The lowest BCUT2D eigenvalue weighted by atomic mass is 9.81. The summed E-state index contributed by atoms with van der Waals surface area (Å²) in [6.07, 6.45) is 5.00. The van der Waals surface area contributed by atoms with Crippen LogP contribution >= 0.6 is 23.2 Å². The number of carbonyl (C=O) groups excluding carboxylic acids is 1. The van der Waals surface area contributed by atoms with E-state index >= 15 is 0 Å². The number of hydrogen-bond acceptors (Lipinski definition) is 1. The van der Waals surface area contributed by atoms with Gasteiger partial charge in [0.05, 0.1) is 0 Å². The quantitative estimate of drug-likeness (QED) is 0.633. The molecule has 3 aliphatic carbocycles. The fraction of sp³-hybridized carbons (Fsp3) is 0.583. The van der Waals surface area contributed by atoms with Crippen molar-refractivity contribution < 1.29 is 4.79 Å². The third-order valence-corrected chi connectivity index (χ3v) is 4.41. The highest BCUT2D eigenvalue weighted by molar-refractivity contribution is 6.56. The lowest BCUT2D eigenvalue weighted by Gasteiger charge is -2.22. The summed E-state index contributed by atoms with van der Waals surface area (Å²) in [5.41, 5.74) is 3.57. The first-order chi connectivity index (χ1) is 7.20. The molecule has 1 nitrogen and oxygen atoms in total. The average Bonchev–Trinajstić information content (AvgIpc) is 2.73. The Hall–Kier alpha value is -0.270. The molecular weight excluding hydrogens is 231 g/mol. The van der Waals surface area contributed by atoms with Crippen LogP contribution in [0.4, 0.5) is 0 Å². The molecule has 0 spiro atoms. The van der Waals surface area contributed by atoms with Crippen molar-refractivity contribution in [2.75, 3.05) is 0 Å². The van der Waals surface area contributed by atoms with Crippen LogP contribution in [0.15, 0.2) is 21.2 Å². The Labute approximate surface area is 99.1 Å². The van der Waals surface area contributed by atoms with Crippen molar-refractivity contribution in [2.45, 2.75) is 32.1 Å². The zero-order valence-corrected chi connectivity index (χ0v) is 9.87. The van der Waals surface area contributed by atoms with Crippen molar-refractivity contribution in [3.63, 3.8) is 0 Å². The van der Waals surface area contributed by atoms with Gasteiger partial charge in [-0.25, -0.2) is 0 Å². The molecule has 0 N–H and O–H groups in total. The second-order valence-corrected chi connectivity index (χ2v) is 5.56. The lowest BCUT2D eigenvalue weighted by molar-refractivity contribution is -0.116. The average molecular weight is 243 g/mol. The molecule has 2 atom stereocenters. The number of carbonyl (C=O) groups is 1. The van der Waals surface area contributed by atoms with E-state index in [1.807, 2.05) is 0 Å². The summed E-state index contributed by atoms with van der Waals surface area (Å²) in [7, 11) is 0. The second-order valence-electron chi connectivity index (χ2n) is 4.61. The Morgan fingerprint density at radius 3 is 2.53 bits per heavy atom. The second kappa shape index (κ2) is 3.36. The van der Waals surface area contributed by atoms with Gasteiger partial charge in [-0.05, 0) is 31.3 Å². The lowest BCUT2D eigenvalue weighted by Crippen LogP contribution is -2.16. The maximum atomic E-state index is 11.9. The summed E-state index contributed by atoms with van der Waals surface area (Å²) >= 11 is 11.9. The van der Waals surface area contributed by atoms with Gasteiger partial charge in [-0.15, -0.1) is 0 Å². The van der Waals surface area contributed by atoms with Crippen molar-refractivity contribution in [3.05, 3.63) is 21.2 Å². The Bertz CT molecular complexity index is 402. The molecule has 0 saturated heterocycles. The van der Waals surface area contributed by atoms with Crippen molar-refractivity contribution in [3.8, 4) is 0 Å². The minimum Gasteiger partial charge on any atom is -0.295 e. The van der Waals surface area contributed by atoms with Gasteiger partial charge in [0.1, 0.15) is 4.49 Å². The summed E-state index contributed by atoms with van der Waals surface area (Å²) in [4.78, 5) is 11.9. The normalized spacial score (nSPS) is 33.7. The van der Waals surface area contributed by atoms with Gasteiger partial charge in [0.2, 0.25) is 0 Å². The monoisotopic (exact) mass is 242 g/mol. The molecular formula is C12H12Cl2O. The third kappa shape index (κ3) is 1.26.